The molecule has 7 nitrogen and oxygen atoms in total. The Labute approximate surface area is 115 Å². The van der Waals surface area contributed by atoms with Crippen LogP contribution in [0.2, 0.25) is 0 Å². The molecule has 0 aliphatic rings. The fourth-order valence-electron chi connectivity index (χ4n) is 2.11. The average molecular weight is 270 g/mol. The first-order chi connectivity index (χ1) is 9.70. The highest BCUT2D eigenvalue weighted by Crippen LogP contribution is 2.34. The molecule has 102 valence electrons. The van der Waals surface area contributed by atoms with Gasteiger partial charge in [0.05, 0.1) is 24.4 Å². The molecule has 0 spiro atoms. The highest BCUT2D eigenvalue weighted by atomic mass is 16.5. The van der Waals surface area contributed by atoms with Gasteiger partial charge in [-0.1, -0.05) is 12.1 Å². The molecular formula is C13H14N6O. The van der Waals surface area contributed by atoms with E-state index >= 15 is 0 Å². The Morgan fingerprint density at radius 2 is 2.05 bits per heavy atom. The molecule has 0 aliphatic carbocycles. The molecule has 0 fully saturated rings. The van der Waals surface area contributed by atoms with Crippen molar-refractivity contribution in [3.63, 3.8) is 0 Å². The largest absolute Gasteiger partial charge is 0.495 e. The molecule has 0 aliphatic heterocycles. The van der Waals surface area contributed by atoms with E-state index in [1.807, 2.05) is 36.2 Å². The van der Waals surface area contributed by atoms with Gasteiger partial charge < -0.3 is 15.4 Å². The van der Waals surface area contributed by atoms with E-state index < -0.39 is 0 Å². The van der Waals surface area contributed by atoms with Gasteiger partial charge in [0.15, 0.2) is 5.65 Å². The number of para-hydroxylation sites is 2. The van der Waals surface area contributed by atoms with E-state index in [0.717, 1.165) is 16.8 Å². The van der Waals surface area contributed by atoms with Gasteiger partial charge in [0.1, 0.15) is 11.6 Å². The van der Waals surface area contributed by atoms with Crippen LogP contribution in [0.5, 0.6) is 5.75 Å². The van der Waals surface area contributed by atoms with Gasteiger partial charge in [-0.25, -0.2) is 0 Å². The first kappa shape index (κ1) is 12.2. The molecule has 0 bridgehead atoms. The summed E-state index contributed by atoms with van der Waals surface area (Å²) in [4.78, 5) is 10.3. The molecule has 0 amide bonds. The SMILES string of the molecule is COc1ccccc1N(C)c1nc(N)nc2[nH]ncc12. The zero-order valence-corrected chi connectivity index (χ0v) is 11.2. The maximum atomic E-state index is 5.74. The summed E-state index contributed by atoms with van der Waals surface area (Å²) in [5.74, 6) is 1.62. The van der Waals surface area contributed by atoms with Crippen molar-refractivity contribution in [3.05, 3.63) is 30.5 Å². The molecule has 0 saturated carbocycles. The molecule has 0 atom stereocenters. The topological polar surface area (TPSA) is 93.0 Å². The maximum Gasteiger partial charge on any atom is 0.224 e. The Morgan fingerprint density at radius 3 is 2.85 bits per heavy atom. The van der Waals surface area contributed by atoms with Crippen LogP contribution in [0.1, 0.15) is 0 Å². The third-order valence-electron chi connectivity index (χ3n) is 3.07. The van der Waals surface area contributed by atoms with Crippen LogP contribution in [0, 0.1) is 0 Å². The number of nitrogens with zero attached hydrogens (tertiary/aromatic N) is 4. The number of nitrogens with two attached hydrogens (primary N) is 1. The Bertz CT molecular complexity index is 753. The van der Waals surface area contributed by atoms with Gasteiger partial charge in [0.2, 0.25) is 5.95 Å². The summed E-state index contributed by atoms with van der Waals surface area (Å²) in [5.41, 5.74) is 7.23. The molecule has 2 heterocycles. The summed E-state index contributed by atoms with van der Waals surface area (Å²) in [6.07, 6.45) is 1.68. The number of H-pyrrole nitrogens is 1. The van der Waals surface area contributed by atoms with Crippen molar-refractivity contribution in [1.82, 2.24) is 20.2 Å². The predicted octanol–water partition coefficient (Wildman–Crippen LogP) is 1.71. The van der Waals surface area contributed by atoms with E-state index in [2.05, 4.69) is 20.2 Å². The van der Waals surface area contributed by atoms with Crippen LogP contribution in [0.25, 0.3) is 11.0 Å². The summed E-state index contributed by atoms with van der Waals surface area (Å²) in [6, 6.07) is 7.69. The lowest BCUT2D eigenvalue weighted by atomic mass is 10.2. The number of hydrogen-bond donors (Lipinski definition) is 2. The second-order valence-electron chi connectivity index (χ2n) is 4.27. The minimum absolute atomic E-state index is 0.193. The zero-order valence-electron chi connectivity index (χ0n) is 11.2. The first-order valence-corrected chi connectivity index (χ1v) is 6.04. The van der Waals surface area contributed by atoms with Crippen LogP contribution >= 0.6 is 0 Å². The highest BCUT2D eigenvalue weighted by molar-refractivity contribution is 5.90. The Balaban J connectivity index is 2.17. The lowest BCUT2D eigenvalue weighted by Crippen LogP contribution is -2.14. The molecule has 20 heavy (non-hydrogen) atoms. The monoisotopic (exact) mass is 270 g/mol. The van der Waals surface area contributed by atoms with Gasteiger partial charge in [-0.3, -0.25) is 5.10 Å². The number of ether oxygens (including phenoxy) is 1. The lowest BCUT2D eigenvalue weighted by Gasteiger charge is -2.21. The number of aromatic amines is 1. The van der Waals surface area contributed by atoms with Crippen molar-refractivity contribution in [2.45, 2.75) is 0 Å². The summed E-state index contributed by atoms with van der Waals surface area (Å²) < 4.78 is 5.37. The molecular weight excluding hydrogens is 256 g/mol. The fourth-order valence-corrected chi connectivity index (χ4v) is 2.11. The number of methoxy groups -OCH3 is 1. The van der Waals surface area contributed by atoms with Crippen molar-refractivity contribution in [3.8, 4) is 5.75 Å². The number of rotatable bonds is 3. The number of anilines is 3. The Hall–Kier alpha value is -2.83. The number of nitrogen functional groups attached to an aromatic ring is 1. The van der Waals surface area contributed by atoms with E-state index in [1.165, 1.54) is 0 Å². The molecule has 0 unspecified atom stereocenters. The molecule has 7 heteroatoms. The second-order valence-corrected chi connectivity index (χ2v) is 4.27. The number of benzene rings is 1. The van der Waals surface area contributed by atoms with Crippen LogP contribution in [0.4, 0.5) is 17.5 Å². The summed E-state index contributed by atoms with van der Waals surface area (Å²) in [7, 11) is 3.53. The van der Waals surface area contributed by atoms with E-state index in [4.69, 9.17) is 10.5 Å². The van der Waals surface area contributed by atoms with Crippen molar-refractivity contribution in [2.24, 2.45) is 0 Å². The average Bonchev–Trinajstić information content (AvgIpc) is 2.93. The summed E-state index contributed by atoms with van der Waals surface area (Å²) in [6.45, 7) is 0. The van der Waals surface area contributed by atoms with Crippen LogP contribution in [-0.4, -0.2) is 34.3 Å². The fraction of sp³-hybridized carbons (Fsp3) is 0.154. The van der Waals surface area contributed by atoms with Gasteiger partial charge in [0, 0.05) is 7.05 Å². The van der Waals surface area contributed by atoms with Crippen molar-refractivity contribution in [1.29, 1.82) is 0 Å². The van der Waals surface area contributed by atoms with Gasteiger partial charge >= 0.3 is 0 Å². The van der Waals surface area contributed by atoms with Gasteiger partial charge in [-0.2, -0.15) is 15.1 Å². The van der Waals surface area contributed by atoms with Gasteiger partial charge in [0.25, 0.3) is 0 Å². The Kier molecular flexibility index (Phi) is 2.86. The highest BCUT2D eigenvalue weighted by Gasteiger charge is 2.16. The summed E-state index contributed by atoms with van der Waals surface area (Å²) in [5, 5.41) is 7.58. The minimum atomic E-state index is 0.193. The molecule has 3 aromatic rings. The Morgan fingerprint density at radius 1 is 1.25 bits per heavy atom. The van der Waals surface area contributed by atoms with Crippen LogP contribution in [0.15, 0.2) is 30.5 Å². The second kappa shape index (κ2) is 4.69. The quantitative estimate of drug-likeness (QED) is 0.752. The molecule has 0 saturated heterocycles. The molecule has 0 radical (unpaired) electrons. The third-order valence-corrected chi connectivity index (χ3v) is 3.07. The van der Waals surface area contributed by atoms with Gasteiger partial charge in [-0.15, -0.1) is 0 Å². The maximum absolute atomic E-state index is 5.74. The minimum Gasteiger partial charge on any atom is -0.495 e. The van der Waals surface area contributed by atoms with Crippen LogP contribution in [0.3, 0.4) is 0 Å². The lowest BCUT2D eigenvalue weighted by molar-refractivity contribution is 0.415. The number of aromatic nitrogens is 4. The van der Waals surface area contributed by atoms with E-state index in [1.54, 1.807) is 13.3 Å². The molecule has 3 rings (SSSR count). The smallest absolute Gasteiger partial charge is 0.224 e. The molecule has 2 aromatic heterocycles. The van der Waals surface area contributed by atoms with Crippen LogP contribution in [-0.2, 0) is 0 Å². The zero-order chi connectivity index (χ0) is 14.1. The van der Waals surface area contributed by atoms with E-state index in [-0.39, 0.29) is 5.95 Å². The van der Waals surface area contributed by atoms with Crippen molar-refractivity contribution >= 4 is 28.5 Å². The number of nitrogens with one attached hydrogen (secondary N) is 1. The normalized spacial score (nSPS) is 10.7. The van der Waals surface area contributed by atoms with Crippen LogP contribution < -0.4 is 15.4 Å². The van der Waals surface area contributed by atoms with E-state index in [9.17, 15) is 0 Å². The van der Waals surface area contributed by atoms with Gasteiger partial charge in [-0.05, 0) is 12.1 Å². The standard InChI is InChI=1S/C13H14N6O/c1-19(9-5-3-4-6-10(9)20-2)12-8-7-15-18-11(8)16-13(14)17-12/h3-7H,1-2H3,(H3,14,15,16,17,18). The number of hydrogen-bond acceptors (Lipinski definition) is 6. The molecule has 1 aromatic carbocycles. The van der Waals surface area contributed by atoms with Crippen molar-refractivity contribution in [2.75, 3.05) is 24.8 Å². The number of fused-ring (bicyclic) bond motifs is 1. The van der Waals surface area contributed by atoms with E-state index in [0.29, 0.717) is 11.5 Å². The summed E-state index contributed by atoms with van der Waals surface area (Å²) >= 11 is 0. The predicted molar refractivity (Wildman–Crippen MR) is 77.2 cm³/mol. The first-order valence-electron chi connectivity index (χ1n) is 6.04. The molecule has 3 N–H and O–H groups in total. The van der Waals surface area contributed by atoms with Crippen molar-refractivity contribution < 1.29 is 4.74 Å². The third kappa shape index (κ3) is 1.89.